The minimum atomic E-state index is 0.470. The Bertz CT molecular complexity index is 468. The number of ether oxygens (including phenoxy) is 2. The molecule has 7 heteroatoms. The Morgan fingerprint density at radius 3 is 2.50 bits per heavy atom. The summed E-state index contributed by atoms with van der Waals surface area (Å²) in [6.45, 7) is 0.708. The number of aromatic nitrogens is 3. The van der Waals surface area contributed by atoms with Crippen LogP contribution in [0, 0.1) is 0 Å². The summed E-state index contributed by atoms with van der Waals surface area (Å²) in [5, 5.41) is 5.14. The van der Waals surface area contributed by atoms with Crippen molar-refractivity contribution in [2.24, 2.45) is 0 Å². The van der Waals surface area contributed by atoms with E-state index in [0.29, 0.717) is 24.3 Å². The summed E-state index contributed by atoms with van der Waals surface area (Å²) in [7, 11) is 3.11. The van der Waals surface area contributed by atoms with E-state index in [4.69, 9.17) is 9.47 Å². The van der Waals surface area contributed by atoms with Crippen LogP contribution in [0.25, 0.3) is 0 Å². The van der Waals surface area contributed by atoms with Crippen molar-refractivity contribution in [3.05, 3.63) is 22.7 Å². The van der Waals surface area contributed by atoms with Gasteiger partial charge in [-0.2, -0.15) is 9.97 Å². The quantitative estimate of drug-likeness (QED) is 0.856. The highest BCUT2D eigenvalue weighted by Gasteiger charge is 2.04. The Hall–Kier alpha value is -1.89. The van der Waals surface area contributed by atoms with Gasteiger partial charge in [-0.25, -0.2) is 4.98 Å². The van der Waals surface area contributed by atoms with Crippen LogP contribution in [-0.4, -0.2) is 35.7 Å². The van der Waals surface area contributed by atoms with Crippen LogP contribution >= 0.6 is 11.3 Å². The summed E-state index contributed by atoms with van der Waals surface area (Å²) in [6.07, 6.45) is 0.826. The van der Waals surface area contributed by atoms with Crippen molar-refractivity contribution < 1.29 is 9.47 Å². The van der Waals surface area contributed by atoms with Crippen molar-refractivity contribution in [1.82, 2.24) is 15.0 Å². The highest BCUT2D eigenvalue weighted by molar-refractivity contribution is 7.07. The van der Waals surface area contributed by atoms with Gasteiger partial charge in [0.15, 0.2) is 0 Å². The lowest BCUT2D eigenvalue weighted by Gasteiger charge is -2.07. The standard InChI is InChI=1S/C11H14N4O2S/c1-16-9-5-10(17-2)15-11(14-9)12-4-3-8-6-18-7-13-8/h5-7H,3-4H2,1-2H3,(H,12,14,15). The summed E-state index contributed by atoms with van der Waals surface area (Å²) in [4.78, 5) is 12.6. The Morgan fingerprint density at radius 2 is 1.94 bits per heavy atom. The van der Waals surface area contributed by atoms with Gasteiger partial charge in [0, 0.05) is 18.3 Å². The first-order valence-electron chi connectivity index (χ1n) is 5.40. The molecule has 0 aliphatic carbocycles. The van der Waals surface area contributed by atoms with E-state index < -0.39 is 0 Å². The van der Waals surface area contributed by atoms with Crippen LogP contribution in [0.4, 0.5) is 5.95 Å². The summed E-state index contributed by atoms with van der Waals surface area (Å²) < 4.78 is 10.1. The van der Waals surface area contributed by atoms with E-state index in [1.54, 1.807) is 31.6 Å². The van der Waals surface area contributed by atoms with Crippen LogP contribution in [0.5, 0.6) is 11.8 Å². The van der Waals surface area contributed by atoms with Gasteiger partial charge < -0.3 is 14.8 Å². The van der Waals surface area contributed by atoms with Gasteiger partial charge in [-0.15, -0.1) is 11.3 Å². The van der Waals surface area contributed by atoms with Crippen LogP contribution in [0.2, 0.25) is 0 Å². The number of methoxy groups -OCH3 is 2. The van der Waals surface area contributed by atoms with E-state index in [2.05, 4.69) is 20.3 Å². The van der Waals surface area contributed by atoms with Crippen molar-refractivity contribution in [3.8, 4) is 11.8 Å². The molecule has 1 N–H and O–H groups in total. The number of rotatable bonds is 6. The maximum Gasteiger partial charge on any atom is 0.229 e. The van der Waals surface area contributed by atoms with Crippen molar-refractivity contribution in [1.29, 1.82) is 0 Å². The first-order chi connectivity index (χ1) is 8.81. The van der Waals surface area contributed by atoms with Gasteiger partial charge in [0.2, 0.25) is 17.7 Å². The van der Waals surface area contributed by atoms with Crippen molar-refractivity contribution in [2.45, 2.75) is 6.42 Å². The number of hydrogen-bond donors (Lipinski definition) is 1. The van der Waals surface area contributed by atoms with Crippen LogP contribution < -0.4 is 14.8 Å². The predicted molar refractivity (Wildman–Crippen MR) is 69.4 cm³/mol. The molecule has 0 bridgehead atoms. The molecular formula is C11H14N4O2S. The van der Waals surface area contributed by atoms with Crippen LogP contribution in [0.3, 0.4) is 0 Å². The molecule has 18 heavy (non-hydrogen) atoms. The summed E-state index contributed by atoms with van der Waals surface area (Å²) in [6, 6.07) is 1.63. The summed E-state index contributed by atoms with van der Waals surface area (Å²) in [5.74, 6) is 1.43. The molecule has 0 aliphatic heterocycles. The summed E-state index contributed by atoms with van der Waals surface area (Å²) >= 11 is 1.59. The first-order valence-corrected chi connectivity index (χ1v) is 6.34. The minimum Gasteiger partial charge on any atom is -0.481 e. The monoisotopic (exact) mass is 266 g/mol. The molecule has 0 saturated heterocycles. The molecule has 6 nitrogen and oxygen atoms in total. The van der Waals surface area contributed by atoms with E-state index in [9.17, 15) is 0 Å². The van der Waals surface area contributed by atoms with Gasteiger partial charge >= 0.3 is 0 Å². The average Bonchev–Trinajstić information content (AvgIpc) is 2.91. The van der Waals surface area contributed by atoms with Gasteiger partial charge in [-0.05, 0) is 0 Å². The van der Waals surface area contributed by atoms with E-state index >= 15 is 0 Å². The molecule has 96 valence electrons. The number of anilines is 1. The zero-order valence-corrected chi connectivity index (χ0v) is 11.0. The third kappa shape index (κ3) is 3.30. The lowest BCUT2D eigenvalue weighted by Crippen LogP contribution is -2.09. The zero-order chi connectivity index (χ0) is 12.8. The Morgan fingerprint density at radius 1 is 1.22 bits per heavy atom. The molecule has 2 heterocycles. The van der Waals surface area contributed by atoms with Crippen molar-refractivity contribution >= 4 is 17.3 Å². The average molecular weight is 266 g/mol. The van der Waals surface area contributed by atoms with Crippen molar-refractivity contribution in [3.63, 3.8) is 0 Å². The predicted octanol–water partition coefficient (Wildman–Crippen LogP) is 1.60. The van der Waals surface area contributed by atoms with Gasteiger partial charge in [-0.3, -0.25) is 0 Å². The Kier molecular flexibility index (Phi) is 4.30. The minimum absolute atomic E-state index is 0.470. The van der Waals surface area contributed by atoms with E-state index in [-0.39, 0.29) is 0 Å². The fraction of sp³-hybridized carbons (Fsp3) is 0.364. The van der Waals surface area contributed by atoms with Crippen LogP contribution in [0.15, 0.2) is 17.0 Å². The van der Waals surface area contributed by atoms with E-state index in [1.165, 1.54) is 0 Å². The Balaban J connectivity index is 1.95. The molecule has 0 amide bonds. The first kappa shape index (κ1) is 12.6. The lowest BCUT2D eigenvalue weighted by molar-refractivity contribution is 0.373. The molecule has 0 fully saturated rings. The smallest absolute Gasteiger partial charge is 0.229 e. The van der Waals surface area contributed by atoms with Crippen molar-refractivity contribution in [2.75, 3.05) is 26.1 Å². The summed E-state index contributed by atoms with van der Waals surface area (Å²) in [5.41, 5.74) is 2.88. The number of hydrogen-bond acceptors (Lipinski definition) is 7. The second kappa shape index (κ2) is 6.15. The van der Waals surface area contributed by atoms with Crippen LogP contribution in [0.1, 0.15) is 5.69 Å². The largest absolute Gasteiger partial charge is 0.481 e. The molecule has 0 unspecified atom stereocenters. The second-order valence-electron chi connectivity index (χ2n) is 3.43. The molecule has 0 radical (unpaired) electrons. The highest BCUT2D eigenvalue weighted by atomic mass is 32.1. The molecule has 0 aliphatic rings. The van der Waals surface area contributed by atoms with Gasteiger partial charge in [0.05, 0.1) is 31.5 Å². The molecule has 0 spiro atoms. The molecule has 0 atom stereocenters. The van der Waals surface area contributed by atoms with Gasteiger partial charge in [0.1, 0.15) is 0 Å². The maximum absolute atomic E-state index is 5.07. The number of thiazole rings is 1. The zero-order valence-electron chi connectivity index (χ0n) is 10.2. The highest BCUT2D eigenvalue weighted by Crippen LogP contribution is 2.17. The van der Waals surface area contributed by atoms with Gasteiger partial charge in [0.25, 0.3) is 0 Å². The lowest BCUT2D eigenvalue weighted by atomic mass is 10.3. The molecule has 2 aromatic rings. The molecule has 0 saturated carbocycles. The third-order valence-electron chi connectivity index (χ3n) is 2.25. The van der Waals surface area contributed by atoms with Gasteiger partial charge in [-0.1, -0.05) is 0 Å². The fourth-order valence-corrected chi connectivity index (χ4v) is 1.95. The SMILES string of the molecule is COc1cc(OC)nc(NCCc2cscn2)n1. The van der Waals surface area contributed by atoms with Crippen LogP contribution in [-0.2, 0) is 6.42 Å². The Labute approximate surface area is 109 Å². The number of nitrogens with zero attached hydrogens (tertiary/aromatic N) is 3. The molecule has 0 aromatic carbocycles. The number of nitrogens with one attached hydrogen (secondary N) is 1. The maximum atomic E-state index is 5.07. The van der Waals surface area contributed by atoms with E-state index in [1.807, 2.05) is 10.9 Å². The topological polar surface area (TPSA) is 69.2 Å². The molecular weight excluding hydrogens is 252 g/mol. The fourth-order valence-electron chi connectivity index (χ4n) is 1.36. The second-order valence-corrected chi connectivity index (χ2v) is 4.15. The molecule has 2 rings (SSSR count). The van der Waals surface area contributed by atoms with E-state index in [0.717, 1.165) is 12.1 Å². The third-order valence-corrected chi connectivity index (χ3v) is 2.88. The normalized spacial score (nSPS) is 10.1. The molecule has 2 aromatic heterocycles.